The molecule has 0 atom stereocenters. The van der Waals surface area contributed by atoms with Crippen LogP contribution < -0.4 is 4.90 Å². The third-order valence-corrected chi connectivity index (χ3v) is 7.88. The van der Waals surface area contributed by atoms with Crippen molar-refractivity contribution in [1.29, 1.82) is 0 Å². The Morgan fingerprint density at radius 1 is 1.00 bits per heavy atom. The fourth-order valence-electron chi connectivity index (χ4n) is 3.21. The van der Waals surface area contributed by atoms with E-state index in [1.165, 1.54) is 11.5 Å². The van der Waals surface area contributed by atoms with Gasteiger partial charge in [-0.25, -0.2) is 13.4 Å². The van der Waals surface area contributed by atoms with Gasteiger partial charge in [0.2, 0.25) is 15.2 Å². The lowest BCUT2D eigenvalue weighted by molar-refractivity contribution is 0.384. The first-order valence-electron chi connectivity index (χ1n) is 9.30. The zero-order valence-corrected chi connectivity index (χ0v) is 18.3. The van der Waals surface area contributed by atoms with Crippen molar-refractivity contribution in [1.82, 2.24) is 13.7 Å². The summed E-state index contributed by atoms with van der Waals surface area (Å²) in [6, 6.07) is 14.7. The number of aryl methyl sites for hydroxylation is 1. The van der Waals surface area contributed by atoms with Crippen molar-refractivity contribution in [3.63, 3.8) is 0 Å². The third kappa shape index (κ3) is 4.61. The molecular formula is C20H21ClN4O2S2. The molecule has 1 fully saturated rings. The second kappa shape index (κ2) is 8.39. The molecule has 1 aliphatic rings. The molecule has 0 spiro atoms. The first-order chi connectivity index (χ1) is 13.9. The predicted octanol–water partition coefficient (Wildman–Crippen LogP) is 3.60. The van der Waals surface area contributed by atoms with E-state index in [1.54, 1.807) is 16.4 Å². The SMILES string of the molecule is Cc1ccc(S(=O)(=O)N2CCN(c3nc(Cc4ccc(Cl)cc4)ns3)CC2)cc1. The summed E-state index contributed by atoms with van der Waals surface area (Å²) in [6.45, 7) is 4.00. The lowest BCUT2D eigenvalue weighted by Gasteiger charge is -2.33. The van der Waals surface area contributed by atoms with E-state index < -0.39 is 10.0 Å². The van der Waals surface area contributed by atoms with Crippen LogP contribution in [0.5, 0.6) is 0 Å². The topological polar surface area (TPSA) is 66.4 Å². The summed E-state index contributed by atoms with van der Waals surface area (Å²) in [4.78, 5) is 7.09. The van der Waals surface area contributed by atoms with Gasteiger partial charge in [-0.2, -0.15) is 8.68 Å². The van der Waals surface area contributed by atoms with Crippen LogP contribution in [0.1, 0.15) is 17.0 Å². The van der Waals surface area contributed by atoms with Crippen LogP contribution in [-0.2, 0) is 16.4 Å². The molecule has 0 N–H and O–H groups in total. The molecule has 152 valence electrons. The van der Waals surface area contributed by atoms with Crippen LogP contribution in [0.2, 0.25) is 5.02 Å². The number of hydrogen-bond acceptors (Lipinski definition) is 6. The van der Waals surface area contributed by atoms with E-state index in [2.05, 4.69) is 14.3 Å². The number of halogens is 1. The van der Waals surface area contributed by atoms with Gasteiger partial charge in [0.25, 0.3) is 0 Å². The number of hydrogen-bond donors (Lipinski definition) is 0. The molecule has 0 unspecified atom stereocenters. The van der Waals surface area contributed by atoms with Gasteiger partial charge in [0.1, 0.15) is 5.82 Å². The minimum Gasteiger partial charge on any atom is -0.344 e. The average molecular weight is 449 g/mol. The summed E-state index contributed by atoms with van der Waals surface area (Å²) in [6.07, 6.45) is 0.648. The molecule has 3 aromatic rings. The molecule has 0 bridgehead atoms. The van der Waals surface area contributed by atoms with Crippen molar-refractivity contribution in [2.45, 2.75) is 18.2 Å². The number of anilines is 1. The standard InChI is InChI=1S/C20H21ClN4O2S2/c1-15-2-8-18(9-3-15)29(26,27)25-12-10-24(11-13-25)20-22-19(23-28-20)14-16-4-6-17(21)7-5-16/h2-9H,10-14H2,1H3. The molecule has 0 amide bonds. The summed E-state index contributed by atoms with van der Waals surface area (Å²) >= 11 is 7.28. The molecule has 1 aromatic heterocycles. The molecule has 0 aliphatic carbocycles. The van der Waals surface area contributed by atoms with Crippen LogP contribution in [-0.4, -0.2) is 48.3 Å². The largest absolute Gasteiger partial charge is 0.344 e. The molecule has 2 heterocycles. The summed E-state index contributed by atoms with van der Waals surface area (Å²) in [5, 5.41) is 1.54. The first kappa shape index (κ1) is 20.3. The molecule has 0 saturated carbocycles. The Hall–Kier alpha value is -2.00. The zero-order valence-electron chi connectivity index (χ0n) is 16.0. The molecule has 9 heteroatoms. The summed E-state index contributed by atoms with van der Waals surface area (Å²) in [5.74, 6) is 0.766. The highest BCUT2D eigenvalue weighted by molar-refractivity contribution is 7.89. The van der Waals surface area contributed by atoms with E-state index in [9.17, 15) is 8.42 Å². The van der Waals surface area contributed by atoms with Gasteiger partial charge in [-0.05, 0) is 36.8 Å². The van der Waals surface area contributed by atoms with Gasteiger partial charge in [-0.15, -0.1) is 0 Å². The second-order valence-corrected chi connectivity index (χ2v) is 10.1. The first-order valence-corrected chi connectivity index (χ1v) is 11.9. The van der Waals surface area contributed by atoms with Gasteiger partial charge in [0.05, 0.1) is 4.90 Å². The summed E-state index contributed by atoms with van der Waals surface area (Å²) in [5.41, 5.74) is 2.15. The number of nitrogens with zero attached hydrogens (tertiary/aromatic N) is 4. The Balaban J connectivity index is 1.39. The lowest BCUT2D eigenvalue weighted by atomic mass is 10.1. The molecule has 1 saturated heterocycles. The minimum absolute atomic E-state index is 0.345. The highest BCUT2D eigenvalue weighted by atomic mass is 35.5. The molecule has 2 aromatic carbocycles. The second-order valence-electron chi connectivity index (χ2n) is 7.00. The van der Waals surface area contributed by atoms with Crippen LogP contribution >= 0.6 is 23.1 Å². The Morgan fingerprint density at radius 3 is 2.31 bits per heavy atom. The number of benzene rings is 2. The number of sulfonamides is 1. The van der Waals surface area contributed by atoms with Gasteiger partial charge in [0, 0.05) is 49.2 Å². The van der Waals surface area contributed by atoms with Gasteiger partial charge >= 0.3 is 0 Å². The highest BCUT2D eigenvalue weighted by Crippen LogP contribution is 2.23. The van der Waals surface area contributed by atoms with E-state index in [1.807, 2.05) is 43.3 Å². The van der Waals surface area contributed by atoms with Crippen LogP contribution in [0.15, 0.2) is 53.4 Å². The summed E-state index contributed by atoms with van der Waals surface area (Å²) in [7, 11) is -3.46. The third-order valence-electron chi connectivity index (χ3n) is 4.90. The summed E-state index contributed by atoms with van der Waals surface area (Å²) < 4.78 is 31.7. The molecule has 4 rings (SSSR count). The van der Waals surface area contributed by atoms with Gasteiger partial charge < -0.3 is 4.90 Å². The molecule has 1 aliphatic heterocycles. The van der Waals surface area contributed by atoms with Gasteiger partial charge in [0.15, 0.2) is 0 Å². The van der Waals surface area contributed by atoms with Crippen molar-refractivity contribution >= 4 is 38.3 Å². The van der Waals surface area contributed by atoms with E-state index in [0.29, 0.717) is 42.5 Å². The lowest BCUT2D eigenvalue weighted by Crippen LogP contribution is -2.48. The van der Waals surface area contributed by atoms with E-state index in [-0.39, 0.29) is 0 Å². The van der Waals surface area contributed by atoms with Crippen molar-refractivity contribution in [2.75, 3.05) is 31.1 Å². The maximum atomic E-state index is 12.8. The fraction of sp³-hybridized carbons (Fsp3) is 0.300. The number of piperazine rings is 1. The van der Waals surface area contributed by atoms with Crippen LogP contribution in [0.25, 0.3) is 0 Å². The highest BCUT2D eigenvalue weighted by Gasteiger charge is 2.29. The van der Waals surface area contributed by atoms with E-state index in [4.69, 9.17) is 11.6 Å². The van der Waals surface area contributed by atoms with Gasteiger partial charge in [-0.1, -0.05) is 41.4 Å². The van der Waals surface area contributed by atoms with Crippen LogP contribution in [0, 0.1) is 6.92 Å². The van der Waals surface area contributed by atoms with E-state index in [0.717, 1.165) is 22.1 Å². The minimum atomic E-state index is -3.46. The maximum Gasteiger partial charge on any atom is 0.243 e. The monoisotopic (exact) mass is 448 g/mol. The average Bonchev–Trinajstić information content (AvgIpc) is 3.19. The molecular weight excluding hydrogens is 428 g/mol. The normalized spacial score (nSPS) is 15.6. The Labute approximate surface area is 180 Å². The van der Waals surface area contributed by atoms with Crippen LogP contribution in [0.4, 0.5) is 5.13 Å². The Kier molecular flexibility index (Phi) is 5.87. The van der Waals surface area contributed by atoms with Crippen LogP contribution in [0.3, 0.4) is 0 Å². The molecule has 29 heavy (non-hydrogen) atoms. The Bertz CT molecular complexity index is 1070. The van der Waals surface area contributed by atoms with E-state index >= 15 is 0 Å². The molecule has 6 nitrogen and oxygen atoms in total. The predicted molar refractivity (Wildman–Crippen MR) is 116 cm³/mol. The number of aromatic nitrogens is 2. The van der Waals surface area contributed by atoms with Crippen molar-refractivity contribution in [2.24, 2.45) is 0 Å². The quantitative estimate of drug-likeness (QED) is 0.596. The molecule has 0 radical (unpaired) electrons. The maximum absolute atomic E-state index is 12.8. The smallest absolute Gasteiger partial charge is 0.243 e. The zero-order chi connectivity index (χ0) is 20.4. The van der Waals surface area contributed by atoms with Crippen molar-refractivity contribution in [3.8, 4) is 0 Å². The van der Waals surface area contributed by atoms with Gasteiger partial charge in [-0.3, -0.25) is 0 Å². The van der Waals surface area contributed by atoms with Crippen molar-refractivity contribution in [3.05, 3.63) is 70.5 Å². The Morgan fingerprint density at radius 2 is 1.66 bits per heavy atom. The van der Waals surface area contributed by atoms with Crippen molar-refractivity contribution < 1.29 is 8.42 Å². The fourth-order valence-corrected chi connectivity index (χ4v) is 5.49. The number of rotatable bonds is 5.